The molecule has 1 aliphatic rings. The van der Waals surface area contributed by atoms with Crippen LogP contribution in [-0.2, 0) is 9.53 Å². The first-order valence-electron chi connectivity index (χ1n) is 9.98. The van der Waals surface area contributed by atoms with Crippen LogP contribution in [-0.4, -0.2) is 30.8 Å². The Labute approximate surface area is 177 Å². The van der Waals surface area contributed by atoms with Crippen LogP contribution >= 0.6 is 12.2 Å². The minimum atomic E-state index is -0.385. The lowest BCUT2D eigenvalue weighted by atomic mass is 9.92. The number of benzene rings is 2. The number of esters is 1. The van der Waals surface area contributed by atoms with Gasteiger partial charge in [0.05, 0.1) is 23.9 Å². The average molecular weight is 410 g/mol. The van der Waals surface area contributed by atoms with Gasteiger partial charge in [-0.1, -0.05) is 42.5 Å². The molecule has 0 aromatic heterocycles. The molecule has 2 aromatic carbocycles. The van der Waals surface area contributed by atoms with Gasteiger partial charge in [0.1, 0.15) is 0 Å². The summed E-state index contributed by atoms with van der Waals surface area (Å²) in [7, 11) is 0. The molecule has 0 saturated carbocycles. The minimum Gasteiger partial charge on any atom is -0.463 e. The van der Waals surface area contributed by atoms with Gasteiger partial charge < -0.3 is 20.3 Å². The molecule has 0 saturated heterocycles. The van der Waals surface area contributed by atoms with Crippen LogP contribution in [0.15, 0.2) is 60.2 Å². The number of nitrogens with one attached hydrogen (secondary N) is 2. The molecule has 6 heteroatoms. The summed E-state index contributed by atoms with van der Waals surface area (Å²) in [6.45, 7) is 8.27. The highest BCUT2D eigenvalue weighted by atomic mass is 32.1. The standard InChI is InChI=1S/C23H27N3O2S/c1-4-26(5-2)18-14-12-17(13-15-18)21-19(22(27)28-6-3)20(24-23(29)25-21)16-10-8-7-9-11-16/h7-15,21H,4-6H2,1-3H3,(H2,24,25,29). The molecule has 0 fully saturated rings. The zero-order chi connectivity index (χ0) is 20.8. The third kappa shape index (κ3) is 4.59. The highest BCUT2D eigenvalue weighted by Crippen LogP contribution is 2.32. The van der Waals surface area contributed by atoms with Crippen LogP contribution in [0, 0.1) is 0 Å². The number of hydrogen-bond donors (Lipinski definition) is 2. The molecule has 5 nitrogen and oxygen atoms in total. The van der Waals surface area contributed by atoms with Crippen LogP contribution in [0.25, 0.3) is 5.70 Å². The van der Waals surface area contributed by atoms with Gasteiger partial charge in [0, 0.05) is 18.8 Å². The van der Waals surface area contributed by atoms with Crippen molar-refractivity contribution in [1.29, 1.82) is 0 Å². The van der Waals surface area contributed by atoms with Gasteiger partial charge in [-0.2, -0.15) is 0 Å². The SMILES string of the molecule is CCOC(=O)C1=C(c2ccccc2)NC(=S)NC1c1ccc(N(CC)CC)cc1. The Kier molecular flexibility index (Phi) is 6.88. The van der Waals surface area contributed by atoms with E-state index in [9.17, 15) is 4.79 Å². The Morgan fingerprint density at radius 1 is 1.03 bits per heavy atom. The first kappa shape index (κ1) is 20.9. The molecule has 3 rings (SSSR count). The van der Waals surface area contributed by atoms with Crippen LogP contribution in [0.2, 0.25) is 0 Å². The van der Waals surface area contributed by atoms with Gasteiger partial charge in [0.2, 0.25) is 0 Å². The Bertz CT molecular complexity index is 890. The quantitative estimate of drug-likeness (QED) is 0.532. The van der Waals surface area contributed by atoms with Gasteiger partial charge in [0.25, 0.3) is 0 Å². The highest BCUT2D eigenvalue weighted by Gasteiger charge is 2.33. The van der Waals surface area contributed by atoms with Gasteiger partial charge in [-0.25, -0.2) is 4.79 Å². The fraction of sp³-hybridized carbons (Fsp3) is 0.304. The van der Waals surface area contributed by atoms with E-state index in [-0.39, 0.29) is 12.0 Å². The van der Waals surface area contributed by atoms with Crippen LogP contribution in [0.3, 0.4) is 0 Å². The molecule has 29 heavy (non-hydrogen) atoms. The summed E-state index contributed by atoms with van der Waals surface area (Å²) in [6.07, 6.45) is 0. The molecule has 0 aliphatic carbocycles. The monoisotopic (exact) mass is 409 g/mol. The number of carbonyl (C=O) groups excluding carboxylic acids is 1. The summed E-state index contributed by atoms with van der Waals surface area (Å²) in [5, 5.41) is 6.89. The predicted octanol–water partition coefficient (Wildman–Crippen LogP) is 4.03. The third-order valence-corrected chi connectivity index (χ3v) is 5.20. The first-order valence-corrected chi connectivity index (χ1v) is 10.4. The second-order valence-corrected chi connectivity index (χ2v) is 7.08. The smallest absolute Gasteiger partial charge is 0.338 e. The van der Waals surface area contributed by atoms with Crippen LogP contribution in [0.5, 0.6) is 0 Å². The molecule has 0 radical (unpaired) electrons. The van der Waals surface area contributed by atoms with Gasteiger partial charge in [-0.3, -0.25) is 0 Å². The Hall–Kier alpha value is -2.86. The maximum atomic E-state index is 12.9. The normalized spacial score (nSPS) is 16.1. The van der Waals surface area contributed by atoms with E-state index >= 15 is 0 Å². The van der Waals surface area contributed by atoms with Crippen molar-refractivity contribution in [2.45, 2.75) is 26.8 Å². The summed E-state index contributed by atoms with van der Waals surface area (Å²) in [5.41, 5.74) is 4.22. The number of rotatable bonds is 7. The number of carbonyl (C=O) groups is 1. The number of nitrogens with zero attached hydrogens (tertiary/aromatic N) is 1. The van der Waals surface area contributed by atoms with E-state index < -0.39 is 0 Å². The summed E-state index contributed by atoms with van der Waals surface area (Å²) in [6, 6.07) is 17.6. The van der Waals surface area contributed by atoms with E-state index in [0.29, 0.717) is 23.0 Å². The molecule has 2 N–H and O–H groups in total. The van der Waals surface area contributed by atoms with Crippen molar-refractivity contribution in [2.75, 3.05) is 24.6 Å². The summed E-state index contributed by atoms with van der Waals surface area (Å²) >= 11 is 5.45. The number of anilines is 1. The second kappa shape index (κ2) is 9.56. The predicted molar refractivity (Wildman–Crippen MR) is 122 cm³/mol. The Balaban J connectivity index is 2.07. The molecular weight excluding hydrogens is 382 g/mol. The van der Waals surface area contributed by atoms with Crippen molar-refractivity contribution in [1.82, 2.24) is 10.6 Å². The average Bonchev–Trinajstić information content (AvgIpc) is 2.75. The molecule has 1 unspecified atom stereocenters. The lowest BCUT2D eigenvalue weighted by Crippen LogP contribution is -2.45. The summed E-state index contributed by atoms with van der Waals surface area (Å²) in [5.74, 6) is -0.355. The molecule has 0 bridgehead atoms. The molecule has 1 heterocycles. The third-order valence-electron chi connectivity index (χ3n) is 4.98. The first-order chi connectivity index (χ1) is 14.1. The number of thiocarbonyl (C=S) groups is 1. The van der Waals surface area contributed by atoms with E-state index in [2.05, 4.69) is 41.5 Å². The van der Waals surface area contributed by atoms with Gasteiger partial charge in [-0.15, -0.1) is 0 Å². The molecule has 0 amide bonds. The Morgan fingerprint density at radius 2 is 1.69 bits per heavy atom. The van der Waals surface area contributed by atoms with Crippen LogP contribution in [0.1, 0.15) is 37.9 Å². The van der Waals surface area contributed by atoms with E-state index in [0.717, 1.165) is 29.9 Å². The molecule has 0 spiro atoms. The van der Waals surface area contributed by atoms with Crippen molar-refractivity contribution < 1.29 is 9.53 Å². The topological polar surface area (TPSA) is 53.6 Å². The Morgan fingerprint density at radius 3 is 2.28 bits per heavy atom. The summed E-state index contributed by atoms with van der Waals surface area (Å²) < 4.78 is 5.39. The maximum Gasteiger partial charge on any atom is 0.338 e. The van der Waals surface area contributed by atoms with Crippen molar-refractivity contribution >= 4 is 34.7 Å². The maximum absolute atomic E-state index is 12.9. The molecule has 1 aliphatic heterocycles. The van der Waals surface area contributed by atoms with Gasteiger partial charge in [-0.05, 0) is 56.2 Å². The fourth-order valence-corrected chi connectivity index (χ4v) is 3.76. The van der Waals surface area contributed by atoms with E-state index in [1.54, 1.807) is 0 Å². The van der Waals surface area contributed by atoms with Crippen LogP contribution < -0.4 is 15.5 Å². The minimum absolute atomic E-state index is 0.308. The fourth-order valence-electron chi connectivity index (χ4n) is 3.54. The zero-order valence-corrected chi connectivity index (χ0v) is 17.9. The molecule has 2 aromatic rings. The van der Waals surface area contributed by atoms with Crippen molar-refractivity contribution in [3.63, 3.8) is 0 Å². The van der Waals surface area contributed by atoms with Crippen LogP contribution in [0.4, 0.5) is 5.69 Å². The molecule has 1 atom stereocenters. The van der Waals surface area contributed by atoms with Gasteiger partial charge >= 0.3 is 5.97 Å². The number of hydrogen-bond acceptors (Lipinski definition) is 4. The van der Waals surface area contributed by atoms with E-state index in [1.165, 1.54) is 0 Å². The van der Waals surface area contributed by atoms with Crippen molar-refractivity contribution in [3.05, 3.63) is 71.3 Å². The highest BCUT2D eigenvalue weighted by molar-refractivity contribution is 7.80. The van der Waals surface area contributed by atoms with E-state index in [1.807, 2.05) is 49.4 Å². The van der Waals surface area contributed by atoms with Gasteiger partial charge in [0.15, 0.2) is 5.11 Å². The number of ether oxygens (including phenoxy) is 1. The largest absolute Gasteiger partial charge is 0.463 e. The molecule has 152 valence electrons. The second-order valence-electron chi connectivity index (χ2n) is 6.67. The van der Waals surface area contributed by atoms with E-state index in [4.69, 9.17) is 17.0 Å². The molecular formula is C23H27N3O2S. The lowest BCUT2D eigenvalue weighted by Gasteiger charge is -2.31. The van der Waals surface area contributed by atoms with Crippen molar-refractivity contribution in [3.8, 4) is 0 Å². The van der Waals surface area contributed by atoms with Crippen molar-refractivity contribution in [2.24, 2.45) is 0 Å². The summed E-state index contributed by atoms with van der Waals surface area (Å²) in [4.78, 5) is 15.2. The zero-order valence-electron chi connectivity index (χ0n) is 17.1. The lowest BCUT2D eigenvalue weighted by molar-refractivity contribution is -0.138.